The fraction of sp³-hybridized carbons (Fsp3) is 0.643. The number of nitrogens with one attached hydrogen (secondary N) is 2. The van der Waals surface area contributed by atoms with Crippen LogP contribution in [-0.2, 0) is 19.1 Å². The minimum Gasteiger partial charge on any atom is -0.507 e. The maximum atomic E-state index is 14.0. The quantitative estimate of drug-likeness (QED) is 0.251. The number of benzene rings is 1. The molecule has 5 N–H and O–H groups in total. The number of ether oxygens (including phenoxy) is 1. The first-order chi connectivity index (χ1) is 17.8. The SMILES string of the molecule is CCCCCNC(=O)C(c1cccc(C)c1O)N(CCCC)C(=O)C(CCC(N)=O)NC(=O)OC(C)(C)C. The van der Waals surface area contributed by atoms with Crippen LogP contribution in [0.4, 0.5) is 4.79 Å². The molecule has 2 unspecified atom stereocenters. The van der Waals surface area contributed by atoms with E-state index >= 15 is 0 Å². The molecule has 38 heavy (non-hydrogen) atoms. The van der Waals surface area contributed by atoms with Crippen LogP contribution < -0.4 is 16.4 Å². The third-order valence-corrected chi connectivity index (χ3v) is 5.91. The molecule has 0 aromatic heterocycles. The number of carbonyl (C=O) groups excluding carboxylic acids is 4. The van der Waals surface area contributed by atoms with Gasteiger partial charge in [-0.15, -0.1) is 0 Å². The zero-order chi connectivity index (χ0) is 28.9. The van der Waals surface area contributed by atoms with Crippen LogP contribution in [0.15, 0.2) is 18.2 Å². The molecule has 1 aromatic carbocycles. The summed E-state index contributed by atoms with van der Waals surface area (Å²) in [4.78, 5) is 53.1. The topological polar surface area (TPSA) is 151 Å². The molecular weight excluding hydrogens is 488 g/mol. The molecule has 0 aliphatic heterocycles. The molecule has 0 saturated carbocycles. The number of aromatic hydroxyl groups is 1. The Morgan fingerprint density at radius 1 is 1.08 bits per heavy atom. The van der Waals surface area contributed by atoms with E-state index in [4.69, 9.17) is 10.5 Å². The van der Waals surface area contributed by atoms with E-state index in [1.54, 1.807) is 45.9 Å². The molecule has 0 aliphatic rings. The predicted octanol–water partition coefficient (Wildman–Crippen LogP) is 3.84. The number of unbranched alkanes of at least 4 members (excludes halogenated alkanes) is 3. The summed E-state index contributed by atoms with van der Waals surface area (Å²) in [5.41, 5.74) is 5.38. The Labute approximate surface area is 226 Å². The van der Waals surface area contributed by atoms with Crippen LogP contribution in [0, 0.1) is 6.92 Å². The fourth-order valence-corrected chi connectivity index (χ4v) is 3.93. The summed E-state index contributed by atoms with van der Waals surface area (Å²) in [6, 6.07) is 2.73. The van der Waals surface area contributed by atoms with Gasteiger partial charge in [-0.25, -0.2) is 4.79 Å². The highest BCUT2D eigenvalue weighted by atomic mass is 16.6. The van der Waals surface area contributed by atoms with Crippen molar-refractivity contribution >= 4 is 23.8 Å². The lowest BCUT2D eigenvalue weighted by Crippen LogP contribution is -2.53. The first-order valence-electron chi connectivity index (χ1n) is 13.5. The number of carbonyl (C=O) groups is 4. The molecule has 1 rings (SSSR count). The van der Waals surface area contributed by atoms with Crippen LogP contribution in [-0.4, -0.2) is 58.6 Å². The van der Waals surface area contributed by atoms with Crippen LogP contribution in [0.2, 0.25) is 0 Å². The van der Waals surface area contributed by atoms with Gasteiger partial charge in [-0.2, -0.15) is 0 Å². The van der Waals surface area contributed by atoms with Gasteiger partial charge >= 0.3 is 6.09 Å². The van der Waals surface area contributed by atoms with Crippen LogP contribution in [0.5, 0.6) is 5.75 Å². The second-order valence-electron chi connectivity index (χ2n) is 10.5. The lowest BCUT2D eigenvalue weighted by atomic mass is 9.98. The van der Waals surface area contributed by atoms with Crippen molar-refractivity contribution in [1.29, 1.82) is 0 Å². The maximum absolute atomic E-state index is 14.0. The normalized spacial score (nSPS) is 12.8. The summed E-state index contributed by atoms with van der Waals surface area (Å²) in [5, 5.41) is 16.4. The van der Waals surface area contributed by atoms with Gasteiger partial charge in [-0.3, -0.25) is 14.4 Å². The molecule has 0 spiro atoms. The Bertz CT molecular complexity index is 944. The second kappa shape index (κ2) is 15.8. The van der Waals surface area contributed by atoms with Crippen molar-refractivity contribution in [3.05, 3.63) is 29.3 Å². The van der Waals surface area contributed by atoms with Gasteiger partial charge in [0.1, 0.15) is 23.4 Å². The lowest BCUT2D eigenvalue weighted by molar-refractivity contribution is -0.143. The second-order valence-corrected chi connectivity index (χ2v) is 10.5. The third-order valence-electron chi connectivity index (χ3n) is 5.91. The number of phenols is 1. The van der Waals surface area contributed by atoms with Crippen LogP contribution >= 0.6 is 0 Å². The number of rotatable bonds is 15. The Hall–Kier alpha value is -3.30. The highest BCUT2D eigenvalue weighted by Gasteiger charge is 2.37. The molecule has 0 saturated heterocycles. The number of alkyl carbamates (subject to hydrolysis) is 1. The first kappa shape index (κ1) is 32.7. The number of phenolic OH excluding ortho intramolecular Hbond substituents is 1. The average Bonchev–Trinajstić information content (AvgIpc) is 2.82. The number of hydrogen-bond donors (Lipinski definition) is 4. The standard InChI is InChI=1S/C28H46N4O6/c1-7-9-11-17-30-25(35)23(20-14-12-13-19(3)24(20)34)32(18-10-8-2)26(36)21(15-16-22(29)33)31-27(37)38-28(4,5)6/h12-14,21,23,34H,7-11,15-18H2,1-6H3,(H2,29,33)(H,30,35)(H,31,37). The maximum Gasteiger partial charge on any atom is 0.408 e. The Morgan fingerprint density at radius 3 is 2.32 bits per heavy atom. The van der Waals surface area contributed by atoms with Crippen molar-refractivity contribution in [2.75, 3.05) is 13.1 Å². The van der Waals surface area contributed by atoms with Crippen molar-refractivity contribution in [3.63, 3.8) is 0 Å². The van der Waals surface area contributed by atoms with Gasteiger partial charge in [0.05, 0.1) is 0 Å². The van der Waals surface area contributed by atoms with Gasteiger partial charge in [0, 0.05) is 25.1 Å². The monoisotopic (exact) mass is 534 g/mol. The van der Waals surface area contributed by atoms with E-state index < -0.39 is 41.5 Å². The van der Waals surface area contributed by atoms with Gasteiger partial charge in [0.15, 0.2) is 0 Å². The van der Waals surface area contributed by atoms with Crippen molar-refractivity contribution < 1.29 is 29.0 Å². The van der Waals surface area contributed by atoms with Crippen LogP contribution in [0.1, 0.15) is 96.7 Å². The number of amides is 4. The summed E-state index contributed by atoms with van der Waals surface area (Å²) in [6.45, 7) is 11.4. The summed E-state index contributed by atoms with van der Waals surface area (Å²) < 4.78 is 5.33. The van der Waals surface area contributed by atoms with Crippen LogP contribution in [0.25, 0.3) is 0 Å². The molecule has 0 fully saturated rings. The van der Waals surface area contributed by atoms with Crippen molar-refractivity contribution in [2.24, 2.45) is 5.73 Å². The highest BCUT2D eigenvalue weighted by molar-refractivity contribution is 5.93. The lowest BCUT2D eigenvalue weighted by Gasteiger charge is -2.35. The number of aryl methyl sites for hydroxylation is 1. The molecule has 10 nitrogen and oxygen atoms in total. The number of nitrogens with two attached hydrogens (primary N) is 1. The number of para-hydroxylation sites is 1. The molecule has 2 atom stereocenters. The van der Waals surface area contributed by atoms with E-state index in [1.807, 2.05) is 6.92 Å². The number of primary amides is 1. The van der Waals surface area contributed by atoms with Gasteiger partial charge in [-0.1, -0.05) is 51.3 Å². The van der Waals surface area contributed by atoms with Gasteiger partial charge in [0.25, 0.3) is 0 Å². The smallest absolute Gasteiger partial charge is 0.408 e. The fourth-order valence-electron chi connectivity index (χ4n) is 3.93. The zero-order valence-electron chi connectivity index (χ0n) is 23.8. The molecule has 0 bridgehead atoms. The largest absolute Gasteiger partial charge is 0.507 e. The Balaban J connectivity index is 3.50. The van der Waals surface area contributed by atoms with Gasteiger partial charge in [0.2, 0.25) is 17.7 Å². The predicted molar refractivity (Wildman–Crippen MR) is 146 cm³/mol. The minimum atomic E-state index is -1.17. The summed E-state index contributed by atoms with van der Waals surface area (Å²) in [6.07, 6.45) is 2.96. The number of nitrogens with zero attached hydrogens (tertiary/aromatic N) is 1. The highest BCUT2D eigenvalue weighted by Crippen LogP contribution is 2.32. The molecule has 1 aromatic rings. The molecule has 0 heterocycles. The Kier molecular flexibility index (Phi) is 13.6. The third kappa shape index (κ3) is 11.0. The van der Waals surface area contributed by atoms with Gasteiger partial charge in [-0.05, 0) is 52.5 Å². The Morgan fingerprint density at radius 2 is 1.74 bits per heavy atom. The summed E-state index contributed by atoms with van der Waals surface area (Å²) in [5.74, 6) is -1.71. The minimum absolute atomic E-state index is 0.0688. The van der Waals surface area contributed by atoms with E-state index in [9.17, 15) is 24.3 Å². The van der Waals surface area contributed by atoms with Gasteiger partial charge < -0.3 is 31.1 Å². The molecule has 10 heteroatoms. The molecule has 214 valence electrons. The first-order valence-corrected chi connectivity index (χ1v) is 13.5. The van der Waals surface area contributed by atoms with Crippen molar-refractivity contribution in [1.82, 2.24) is 15.5 Å². The van der Waals surface area contributed by atoms with E-state index in [0.29, 0.717) is 18.5 Å². The molecule has 0 aliphatic carbocycles. The van der Waals surface area contributed by atoms with Crippen molar-refractivity contribution in [3.8, 4) is 5.75 Å². The van der Waals surface area contributed by atoms with E-state index in [-0.39, 0.29) is 30.7 Å². The number of hydrogen-bond acceptors (Lipinski definition) is 6. The zero-order valence-corrected chi connectivity index (χ0v) is 23.8. The van der Waals surface area contributed by atoms with E-state index in [2.05, 4.69) is 17.6 Å². The summed E-state index contributed by atoms with van der Waals surface area (Å²) >= 11 is 0. The summed E-state index contributed by atoms with van der Waals surface area (Å²) in [7, 11) is 0. The van der Waals surface area contributed by atoms with Crippen molar-refractivity contribution in [2.45, 2.75) is 104 Å². The van der Waals surface area contributed by atoms with E-state index in [1.165, 1.54) is 4.90 Å². The molecule has 4 amide bonds. The molecule has 0 radical (unpaired) electrons. The van der Waals surface area contributed by atoms with E-state index in [0.717, 1.165) is 25.7 Å². The molecular formula is C28H46N4O6. The average molecular weight is 535 g/mol. The van der Waals surface area contributed by atoms with Crippen LogP contribution in [0.3, 0.4) is 0 Å².